The SMILES string of the molecule is CC1CC(C#N)(C(=O)NCC2CCOC2)C1. The van der Waals surface area contributed by atoms with Gasteiger partial charge in [0.15, 0.2) is 0 Å². The Labute approximate surface area is 96.0 Å². The zero-order valence-corrected chi connectivity index (χ0v) is 9.66. The van der Waals surface area contributed by atoms with Crippen molar-refractivity contribution in [3.63, 3.8) is 0 Å². The zero-order valence-electron chi connectivity index (χ0n) is 9.66. The first-order valence-electron chi connectivity index (χ1n) is 5.93. The third-order valence-corrected chi connectivity index (χ3v) is 3.62. The number of hydrogen-bond donors (Lipinski definition) is 1. The fourth-order valence-corrected chi connectivity index (χ4v) is 2.61. The van der Waals surface area contributed by atoms with E-state index in [2.05, 4.69) is 18.3 Å². The topological polar surface area (TPSA) is 62.1 Å². The van der Waals surface area contributed by atoms with E-state index in [1.807, 2.05) is 0 Å². The molecule has 0 spiro atoms. The molecule has 2 rings (SSSR count). The number of nitriles is 1. The van der Waals surface area contributed by atoms with E-state index in [4.69, 9.17) is 10.00 Å². The Morgan fingerprint density at radius 2 is 2.38 bits per heavy atom. The molecule has 1 unspecified atom stereocenters. The number of hydrogen-bond acceptors (Lipinski definition) is 3. The summed E-state index contributed by atoms with van der Waals surface area (Å²) in [5, 5.41) is 12.0. The van der Waals surface area contributed by atoms with Crippen LogP contribution in [0.15, 0.2) is 0 Å². The van der Waals surface area contributed by atoms with Crippen molar-refractivity contribution in [1.29, 1.82) is 5.26 Å². The summed E-state index contributed by atoms with van der Waals surface area (Å²) in [5.74, 6) is 0.845. The number of ether oxygens (including phenoxy) is 1. The van der Waals surface area contributed by atoms with Crippen molar-refractivity contribution >= 4 is 5.91 Å². The van der Waals surface area contributed by atoms with Gasteiger partial charge >= 0.3 is 0 Å². The van der Waals surface area contributed by atoms with E-state index in [9.17, 15) is 4.79 Å². The fraction of sp³-hybridized carbons (Fsp3) is 0.833. The summed E-state index contributed by atoms with van der Waals surface area (Å²) in [6.07, 6.45) is 2.42. The molecule has 0 bridgehead atoms. The molecule has 1 heterocycles. The Balaban J connectivity index is 1.81. The lowest BCUT2D eigenvalue weighted by molar-refractivity contribution is -0.134. The maximum atomic E-state index is 11.9. The van der Waals surface area contributed by atoms with E-state index < -0.39 is 5.41 Å². The minimum Gasteiger partial charge on any atom is -0.381 e. The summed E-state index contributed by atoms with van der Waals surface area (Å²) in [5.41, 5.74) is -0.737. The molecule has 0 radical (unpaired) electrons. The summed E-state index contributed by atoms with van der Waals surface area (Å²) in [6, 6.07) is 2.18. The van der Waals surface area contributed by atoms with Crippen LogP contribution in [0.4, 0.5) is 0 Å². The van der Waals surface area contributed by atoms with Crippen LogP contribution in [0.1, 0.15) is 26.2 Å². The van der Waals surface area contributed by atoms with Gasteiger partial charge in [-0.3, -0.25) is 4.79 Å². The first-order valence-corrected chi connectivity index (χ1v) is 5.93. The van der Waals surface area contributed by atoms with Gasteiger partial charge < -0.3 is 10.1 Å². The quantitative estimate of drug-likeness (QED) is 0.777. The molecule has 0 aromatic rings. The van der Waals surface area contributed by atoms with Crippen LogP contribution >= 0.6 is 0 Å². The molecule has 2 fully saturated rings. The molecule has 88 valence electrons. The van der Waals surface area contributed by atoms with Gasteiger partial charge in [0.05, 0.1) is 12.7 Å². The molecule has 1 amide bonds. The molecule has 1 saturated heterocycles. The van der Waals surface area contributed by atoms with Crippen molar-refractivity contribution in [2.24, 2.45) is 17.3 Å². The van der Waals surface area contributed by atoms with E-state index in [-0.39, 0.29) is 5.91 Å². The standard InChI is InChI=1S/C12H18N2O2/c1-9-4-12(5-9,8-13)11(15)14-6-10-2-3-16-7-10/h9-10H,2-7H2,1H3,(H,14,15). The average molecular weight is 222 g/mol. The lowest BCUT2D eigenvalue weighted by Gasteiger charge is -2.39. The normalized spacial score (nSPS) is 37.5. The molecule has 1 aliphatic heterocycles. The summed E-state index contributed by atoms with van der Waals surface area (Å²) < 4.78 is 5.24. The van der Waals surface area contributed by atoms with Gasteiger partial charge in [-0.1, -0.05) is 6.92 Å². The van der Waals surface area contributed by atoms with Crippen molar-refractivity contribution in [2.45, 2.75) is 26.2 Å². The highest BCUT2D eigenvalue weighted by atomic mass is 16.5. The maximum Gasteiger partial charge on any atom is 0.240 e. The van der Waals surface area contributed by atoms with Crippen LogP contribution < -0.4 is 5.32 Å². The van der Waals surface area contributed by atoms with Gasteiger partial charge in [0.2, 0.25) is 5.91 Å². The Hall–Kier alpha value is -1.08. The van der Waals surface area contributed by atoms with Crippen LogP contribution in [0, 0.1) is 28.6 Å². The molecule has 4 heteroatoms. The minimum absolute atomic E-state index is 0.0833. The lowest BCUT2D eigenvalue weighted by atomic mass is 9.63. The molecule has 0 aromatic carbocycles. The van der Waals surface area contributed by atoms with E-state index in [0.717, 1.165) is 19.6 Å². The van der Waals surface area contributed by atoms with Crippen molar-refractivity contribution < 1.29 is 9.53 Å². The fourth-order valence-electron chi connectivity index (χ4n) is 2.61. The predicted molar refractivity (Wildman–Crippen MR) is 58.4 cm³/mol. The van der Waals surface area contributed by atoms with Gasteiger partial charge in [0.25, 0.3) is 0 Å². The summed E-state index contributed by atoms with van der Waals surface area (Å²) in [4.78, 5) is 11.9. The second kappa shape index (κ2) is 4.42. The summed E-state index contributed by atoms with van der Waals surface area (Å²) in [7, 11) is 0. The highest BCUT2D eigenvalue weighted by Gasteiger charge is 2.48. The maximum absolute atomic E-state index is 11.9. The summed E-state index contributed by atoms with van der Waals surface area (Å²) >= 11 is 0. The number of carbonyl (C=O) groups is 1. The molecule has 0 aromatic heterocycles. The third-order valence-electron chi connectivity index (χ3n) is 3.62. The molecule has 1 aliphatic carbocycles. The Morgan fingerprint density at radius 3 is 2.88 bits per heavy atom. The monoisotopic (exact) mass is 222 g/mol. The van der Waals surface area contributed by atoms with Crippen molar-refractivity contribution in [3.8, 4) is 6.07 Å². The largest absolute Gasteiger partial charge is 0.381 e. The van der Waals surface area contributed by atoms with Crippen LogP contribution in [-0.2, 0) is 9.53 Å². The number of carbonyl (C=O) groups excluding carboxylic acids is 1. The van der Waals surface area contributed by atoms with Gasteiger partial charge in [-0.05, 0) is 25.2 Å². The van der Waals surface area contributed by atoms with Gasteiger partial charge in [-0.25, -0.2) is 0 Å². The predicted octanol–water partition coefficient (Wildman–Crippen LogP) is 1.08. The van der Waals surface area contributed by atoms with Crippen molar-refractivity contribution in [3.05, 3.63) is 0 Å². The molecule has 1 atom stereocenters. The average Bonchev–Trinajstić information content (AvgIpc) is 2.73. The summed E-state index contributed by atoms with van der Waals surface area (Å²) in [6.45, 7) is 4.25. The van der Waals surface area contributed by atoms with E-state index in [0.29, 0.717) is 31.2 Å². The third kappa shape index (κ3) is 2.05. The Kier molecular flexibility index (Phi) is 3.15. The van der Waals surface area contributed by atoms with Crippen molar-refractivity contribution in [2.75, 3.05) is 19.8 Å². The van der Waals surface area contributed by atoms with Gasteiger partial charge in [0.1, 0.15) is 5.41 Å². The molecule has 2 aliphatic rings. The number of amides is 1. The van der Waals surface area contributed by atoms with Gasteiger partial charge in [-0.15, -0.1) is 0 Å². The van der Waals surface area contributed by atoms with Crippen molar-refractivity contribution in [1.82, 2.24) is 5.32 Å². The number of nitrogens with one attached hydrogen (secondary N) is 1. The van der Waals surface area contributed by atoms with E-state index in [1.54, 1.807) is 0 Å². The minimum atomic E-state index is -0.737. The highest BCUT2D eigenvalue weighted by molar-refractivity contribution is 5.86. The molecule has 16 heavy (non-hydrogen) atoms. The number of rotatable bonds is 3. The Bertz CT molecular complexity index is 309. The van der Waals surface area contributed by atoms with Gasteiger partial charge in [0, 0.05) is 19.1 Å². The second-order valence-electron chi connectivity index (χ2n) is 5.15. The second-order valence-corrected chi connectivity index (χ2v) is 5.15. The number of nitrogens with zero attached hydrogens (tertiary/aromatic N) is 1. The van der Waals surface area contributed by atoms with Crippen LogP contribution in [0.3, 0.4) is 0 Å². The first-order chi connectivity index (χ1) is 7.66. The zero-order chi connectivity index (χ0) is 11.6. The molecular weight excluding hydrogens is 204 g/mol. The highest BCUT2D eigenvalue weighted by Crippen LogP contribution is 2.45. The van der Waals surface area contributed by atoms with E-state index >= 15 is 0 Å². The lowest BCUT2D eigenvalue weighted by Crippen LogP contribution is -2.49. The van der Waals surface area contributed by atoms with E-state index in [1.165, 1.54) is 0 Å². The Morgan fingerprint density at radius 1 is 1.62 bits per heavy atom. The van der Waals surface area contributed by atoms with Gasteiger partial charge in [-0.2, -0.15) is 5.26 Å². The van der Waals surface area contributed by atoms with Crippen LogP contribution in [-0.4, -0.2) is 25.7 Å². The molecule has 1 saturated carbocycles. The van der Waals surface area contributed by atoms with Crippen LogP contribution in [0.2, 0.25) is 0 Å². The molecule has 1 N–H and O–H groups in total. The molecular formula is C12H18N2O2. The first kappa shape index (κ1) is 11.4. The smallest absolute Gasteiger partial charge is 0.240 e. The molecule has 4 nitrogen and oxygen atoms in total. The van der Waals surface area contributed by atoms with Crippen LogP contribution in [0.5, 0.6) is 0 Å². The van der Waals surface area contributed by atoms with Crippen LogP contribution in [0.25, 0.3) is 0 Å².